The van der Waals surface area contributed by atoms with E-state index in [1.807, 2.05) is 31.5 Å². The summed E-state index contributed by atoms with van der Waals surface area (Å²) >= 11 is 2.23. The summed E-state index contributed by atoms with van der Waals surface area (Å²) in [5, 5.41) is 0. The summed E-state index contributed by atoms with van der Waals surface area (Å²) in [4.78, 5) is 8.55. The second kappa shape index (κ2) is 2.97. The van der Waals surface area contributed by atoms with Crippen LogP contribution in [0.25, 0.3) is 11.0 Å². The van der Waals surface area contributed by atoms with Gasteiger partial charge in [0.15, 0.2) is 0 Å². The van der Waals surface area contributed by atoms with Crippen molar-refractivity contribution in [1.82, 2.24) is 9.97 Å². The van der Waals surface area contributed by atoms with Crippen LogP contribution >= 0.6 is 22.6 Å². The van der Waals surface area contributed by atoms with Crippen molar-refractivity contribution in [2.24, 2.45) is 0 Å². The standard InChI is InChI=1S/C9H7IN2/c1-6-2-8-9(11-4-6)3-7(10)5-12-8/h2-5H,1H3. The van der Waals surface area contributed by atoms with Gasteiger partial charge in [0.25, 0.3) is 0 Å². The molecule has 0 saturated carbocycles. The van der Waals surface area contributed by atoms with Gasteiger partial charge in [0.2, 0.25) is 0 Å². The summed E-state index contributed by atoms with van der Waals surface area (Å²) in [6, 6.07) is 4.07. The Hall–Kier alpha value is -0.710. The molecule has 2 rings (SSSR count). The minimum absolute atomic E-state index is 0.965. The highest BCUT2D eigenvalue weighted by Gasteiger charge is 1.96. The van der Waals surface area contributed by atoms with E-state index in [1.165, 1.54) is 0 Å². The molecule has 0 atom stereocenters. The van der Waals surface area contributed by atoms with Crippen LogP contribution in [0, 0.1) is 10.5 Å². The van der Waals surface area contributed by atoms with Gasteiger partial charge in [-0.3, -0.25) is 9.97 Å². The topological polar surface area (TPSA) is 25.8 Å². The van der Waals surface area contributed by atoms with Crippen molar-refractivity contribution < 1.29 is 0 Å². The van der Waals surface area contributed by atoms with Gasteiger partial charge in [0.05, 0.1) is 11.0 Å². The number of fused-ring (bicyclic) bond motifs is 1. The van der Waals surface area contributed by atoms with Gasteiger partial charge in [-0.05, 0) is 47.2 Å². The predicted octanol–water partition coefficient (Wildman–Crippen LogP) is 2.54. The summed E-state index contributed by atoms with van der Waals surface area (Å²) < 4.78 is 1.12. The average molecular weight is 270 g/mol. The lowest BCUT2D eigenvalue weighted by Gasteiger charge is -1.97. The first-order chi connectivity index (χ1) is 5.75. The molecule has 0 unspecified atom stereocenters. The van der Waals surface area contributed by atoms with E-state index >= 15 is 0 Å². The third-order valence-corrected chi connectivity index (χ3v) is 2.23. The molecule has 0 spiro atoms. The first-order valence-corrected chi connectivity index (χ1v) is 4.71. The van der Waals surface area contributed by atoms with Crippen molar-refractivity contribution in [2.45, 2.75) is 6.92 Å². The fourth-order valence-corrected chi connectivity index (χ4v) is 1.51. The molecule has 0 saturated heterocycles. The highest BCUT2D eigenvalue weighted by Crippen LogP contribution is 2.12. The number of aryl methyl sites for hydroxylation is 1. The Morgan fingerprint density at radius 1 is 1.08 bits per heavy atom. The summed E-state index contributed by atoms with van der Waals surface area (Å²) in [6.45, 7) is 2.02. The van der Waals surface area contributed by atoms with E-state index in [1.54, 1.807) is 0 Å². The predicted molar refractivity (Wildman–Crippen MR) is 57.0 cm³/mol. The molecular weight excluding hydrogens is 263 g/mol. The maximum Gasteiger partial charge on any atom is 0.0897 e. The van der Waals surface area contributed by atoms with Crippen LogP contribution in [0.3, 0.4) is 0 Å². The second-order valence-electron chi connectivity index (χ2n) is 2.70. The molecule has 0 N–H and O–H groups in total. The van der Waals surface area contributed by atoms with Crippen LogP contribution in [0.2, 0.25) is 0 Å². The van der Waals surface area contributed by atoms with E-state index < -0.39 is 0 Å². The average Bonchev–Trinajstić information content (AvgIpc) is 2.05. The van der Waals surface area contributed by atoms with Crippen LogP contribution in [0.1, 0.15) is 5.56 Å². The number of hydrogen-bond donors (Lipinski definition) is 0. The van der Waals surface area contributed by atoms with E-state index in [4.69, 9.17) is 0 Å². The smallest absolute Gasteiger partial charge is 0.0897 e. The molecule has 0 radical (unpaired) electrons. The van der Waals surface area contributed by atoms with Gasteiger partial charge in [-0.25, -0.2) is 0 Å². The number of rotatable bonds is 0. The number of halogens is 1. The van der Waals surface area contributed by atoms with Crippen molar-refractivity contribution in [1.29, 1.82) is 0 Å². The van der Waals surface area contributed by atoms with E-state index in [0.717, 1.165) is 20.2 Å². The maximum absolute atomic E-state index is 4.27. The van der Waals surface area contributed by atoms with Crippen LogP contribution in [0.5, 0.6) is 0 Å². The monoisotopic (exact) mass is 270 g/mol. The first-order valence-electron chi connectivity index (χ1n) is 3.63. The van der Waals surface area contributed by atoms with Crippen molar-refractivity contribution in [3.63, 3.8) is 0 Å². The molecule has 12 heavy (non-hydrogen) atoms. The fraction of sp³-hybridized carbons (Fsp3) is 0.111. The Balaban J connectivity index is 2.79. The van der Waals surface area contributed by atoms with Crippen LogP contribution in [-0.4, -0.2) is 9.97 Å². The molecule has 0 aromatic carbocycles. The molecule has 3 heteroatoms. The SMILES string of the molecule is Cc1cnc2cc(I)cnc2c1. The lowest BCUT2D eigenvalue weighted by atomic mass is 10.2. The molecular formula is C9H7IN2. The van der Waals surface area contributed by atoms with Crippen LogP contribution in [-0.2, 0) is 0 Å². The summed E-state index contributed by atoms with van der Waals surface area (Å²) in [5.74, 6) is 0. The van der Waals surface area contributed by atoms with Gasteiger partial charge in [0, 0.05) is 16.0 Å². The number of pyridine rings is 2. The third kappa shape index (κ3) is 1.41. The zero-order valence-corrected chi connectivity index (χ0v) is 8.74. The summed E-state index contributed by atoms with van der Waals surface area (Å²) in [5.41, 5.74) is 3.08. The molecule has 0 aliphatic heterocycles. The van der Waals surface area contributed by atoms with Gasteiger partial charge in [0.1, 0.15) is 0 Å². The molecule has 2 aromatic rings. The van der Waals surface area contributed by atoms with Crippen LogP contribution in [0.15, 0.2) is 24.5 Å². The van der Waals surface area contributed by atoms with Gasteiger partial charge >= 0.3 is 0 Å². The molecule has 2 heterocycles. The second-order valence-corrected chi connectivity index (χ2v) is 3.95. The third-order valence-electron chi connectivity index (χ3n) is 1.64. The van der Waals surface area contributed by atoms with Crippen LogP contribution in [0.4, 0.5) is 0 Å². The van der Waals surface area contributed by atoms with E-state index in [2.05, 4.69) is 32.6 Å². The minimum atomic E-state index is 0.965. The highest BCUT2D eigenvalue weighted by molar-refractivity contribution is 14.1. The van der Waals surface area contributed by atoms with Crippen molar-refractivity contribution in [3.8, 4) is 0 Å². The first kappa shape index (κ1) is 7.91. The number of aromatic nitrogens is 2. The van der Waals surface area contributed by atoms with Gasteiger partial charge in [-0.1, -0.05) is 0 Å². The Kier molecular flexibility index (Phi) is 1.96. The van der Waals surface area contributed by atoms with Gasteiger partial charge in [-0.2, -0.15) is 0 Å². The molecule has 2 aromatic heterocycles. The zero-order chi connectivity index (χ0) is 8.55. The molecule has 2 nitrogen and oxygen atoms in total. The van der Waals surface area contributed by atoms with Crippen molar-refractivity contribution >= 4 is 33.6 Å². The number of nitrogens with zero attached hydrogens (tertiary/aromatic N) is 2. The highest BCUT2D eigenvalue weighted by atomic mass is 127. The Morgan fingerprint density at radius 2 is 1.75 bits per heavy atom. The quantitative estimate of drug-likeness (QED) is 0.687. The number of hydrogen-bond acceptors (Lipinski definition) is 2. The molecule has 0 aliphatic rings. The summed E-state index contributed by atoms with van der Waals surface area (Å²) in [7, 11) is 0. The van der Waals surface area contributed by atoms with E-state index in [-0.39, 0.29) is 0 Å². The maximum atomic E-state index is 4.27. The minimum Gasteiger partial charge on any atom is -0.254 e. The van der Waals surface area contributed by atoms with Crippen molar-refractivity contribution in [2.75, 3.05) is 0 Å². The largest absolute Gasteiger partial charge is 0.254 e. The van der Waals surface area contributed by atoms with E-state index in [9.17, 15) is 0 Å². The van der Waals surface area contributed by atoms with Gasteiger partial charge in [-0.15, -0.1) is 0 Å². The van der Waals surface area contributed by atoms with Crippen molar-refractivity contribution in [3.05, 3.63) is 33.7 Å². The van der Waals surface area contributed by atoms with Crippen LogP contribution < -0.4 is 0 Å². The molecule has 0 bridgehead atoms. The Morgan fingerprint density at radius 3 is 2.58 bits per heavy atom. The fourth-order valence-electron chi connectivity index (χ4n) is 1.08. The Labute approximate surface area is 84.2 Å². The summed E-state index contributed by atoms with van der Waals surface area (Å²) in [6.07, 6.45) is 3.71. The Bertz CT molecular complexity index is 385. The molecule has 0 amide bonds. The normalized spacial score (nSPS) is 10.5. The van der Waals surface area contributed by atoms with Gasteiger partial charge < -0.3 is 0 Å². The molecule has 0 aliphatic carbocycles. The van der Waals surface area contributed by atoms with E-state index in [0.29, 0.717) is 0 Å². The zero-order valence-electron chi connectivity index (χ0n) is 6.58. The molecule has 60 valence electrons. The lowest BCUT2D eigenvalue weighted by molar-refractivity contribution is 1.28. The molecule has 0 fully saturated rings. The lowest BCUT2D eigenvalue weighted by Crippen LogP contribution is -1.85.